The van der Waals surface area contributed by atoms with Crippen LogP contribution in [-0.2, 0) is 18.5 Å². The van der Waals surface area contributed by atoms with Gasteiger partial charge in [-0.15, -0.1) is 0 Å². The lowest BCUT2D eigenvalue weighted by molar-refractivity contribution is 0.0942. The van der Waals surface area contributed by atoms with Gasteiger partial charge in [0.05, 0.1) is 12.1 Å². The SMILES string of the molecule is CCOc1cccc2c1cc(C(=O)NCc1ccc(F)cc1)n2Cc1ccc(C(C)(C)C)cc1. The van der Waals surface area contributed by atoms with E-state index in [-0.39, 0.29) is 17.1 Å². The summed E-state index contributed by atoms with van der Waals surface area (Å²) in [4.78, 5) is 13.3. The minimum Gasteiger partial charge on any atom is -0.493 e. The van der Waals surface area contributed by atoms with Crippen LogP contribution in [-0.4, -0.2) is 17.1 Å². The van der Waals surface area contributed by atoms with Crippen molar-refractivity contribution in [2.75, 3.05) is 6.61 Å². The van der Waals surface area contributed by atoms with Gasteiger partial charge in [-0.25, -0.2) is 4.39 Å². The largest absolute Gasteiger partial charge is 0.493 e. The molecule has 5 heteroatoms. The van der Waals surface area contributed by atoms with Crippen LogP contribution < -0.4 is 10.1 Å². The molecule has 0 radical (unpaired) electrons. The number of carbonyl (C=O) groups is 1. The Morgan fingerprint density at radius 1 is 0.971 bits per heavy atom. The van der Waals surface area contributed by atoms with E-state index in [0.29, 0.717) is 25.4 Å². The number of fused-ring (bicyclic) bond motifs is 1. The number of aromatic nitrogens is 1. The molecule has 0 aliphatic rings. The Labute approximate surface area is 200 Å². The number of halogens is 1. The highest BCUT2D eigenvalue weighted by Gasteiger charge is 2.19. The van der Waals surface area contributed by atoms with Crippen molar-refractivity contribution in [1.29, 1.82) is 0 Å². The molecule has 0 saturated carbocycles. The van der Waals surface area contributed by atoms with Gasteiger partial charge in [0.25, 0.3) is 5.91 Å². The molecule has 176 valence electrons. The Hall–Kier alpha value is -3.60. The summed E-state index contributed by atoms with van der Waals surface area (Å²) in [5, 5.41) is 3.88. The van der Waals surface area contributed by atoms with Crippen molar-refractivity contribution < 1.29 is 13.9 Å². The summed E-state index contributed by atoms with van der Waals surface area (Å²) in [6.45, 7) is 9.95. The van der Waals surface area contributed by atoms with Crippen LogP contribution in [0.15, 0.2) is 72.8 Å². The Morgan fingerprint density at radius 2 is 1.65 bits per heavy atom. The predicted molar refractivity (Wildman–Crippen MR) is 135 cm³/mol. The van der Waals surface area contributed by atoms with E-state index < -0.39 is 0 Å². The lowest BCUT2D eigenvalue weighted by Gasteiger charge is -2.19. The van der Waals surface area contributed by atoms with Crippen LogP contribution in [0.2, 0.25) is 0 Å². The molecule has 0 bridgehead atoms. The van der Waals surface area contributed by atoms with Gasteiger partial charge in [-0.05, 0) is 59.4 Å². The van der Waals surface area contributed by atoms with Crippen LogP contribution >= 0.6 is 0 Å². The molecule has 1 N–H and O–H groups in total. The highest BCUT2D eigenvalue weighted by molar-refractivity contribution is 6.00. The fourth-order valence-corrected chi connectivity index (χ4v) is 4.07. The molecule has 0 fully saturated rings. The van der Waals surface area contributed by atoms with Crippen molar-refractivity contribution in [2.24, 2.45) is 0 Å². The fraction of sp³-hybridized carbons (Fsp3) is 0.276. The van der Waals surface area contributed by atoms with E-state index in [0.717, 1.165) is 27.8 Å². The second-order valence-electron chi connectivity index (χ2n) is 9.49. The zero-order valence-corrected chi connectivity index (χ0v) is 20.2. The standard InChI is InChI=1S/C29H31FN2O2/c1-5-34-27-8-6-7-25-24(27)17-26(28(33)31-18-20-11-15-23(30)16-12-20)32(25)19-21-9-13-22(14-10-21)29(2,3)4/h6-17H,5,18-19H2,1-4H3,(H,31,33). The lowest BCUT2D eigenvalue weighted by atomic mass is 9.87. The Kier molecular flexibility index (Phi) is 6.73. The molecular weight excluding hydrogens is 427 g/mol. The van der Waals surface area contributed by atoms with E-state index in [1.165, 1.54) is 17.7 Å². The number of carbonyl (C=O) groups excluding carboxylic acids is 1. The average Bonchev–Trinajstić information content (AvgIpc) is 3.18. The molecular formula is C29H31FN2O2. The molecule has 1 amide bonds. The van der Waals surface area contributed by atoms with E-state index in [1.807, 2.05) is 35.8 Å². The van der Waals surface area contributed by atoms with Crippen molar-refractivity contribution >= 4 is 16.8 Å². The third-order valence-corrected chi connectivity index (χ3v) is 5.97. The van der Waals surface area contributed by atoms with Crippen molar-refractivity contribution in [3.63, 3.8) is 0 Å². The molecule has 0 unspecified atom stereocenters. The third kappa shape index (κ3) is 5.14. The van der Waals surface area contributed by atoms with E-state index in [1.54, 1.807) is 12.1 Å². The van der Waals surface area contributed by atoms with Crippen LogP contribution in [0.4, 0.5) is 4.39 Å². The number of hydrogen-bond acceptors (Lipinski definition) is 2. The number of hydrogen-bond donors (Lipinski definition) is 1. The number of ether oxygens (including phenoxy) is 1. The fourth-order valence-electron chi connectivity index (χ4n) is 4.07. The maximum atomic E-state index is 13.3. The quantitative estimate of drug-likeness (QED) is 0.346. The van der Waals surface area contributed by atoms with Gasteiger partial charge < -0.3 is 14.6 Å². The zero-order valence-electron chi connectivity index (χ0n) is 20.2. The van der Waals surface area contributed by atoms with Crippen molar-refractivity contribution in [1.82, 2.24) is 9.88 Å². The lowest BCUT2D eigenvalue weighted by Crippen LogP contribution is -2.25. The van der Waals surface area contributed by atoms with Gasteiger partial charge in [-0.2, -0.15) is 0 Å². The van der Waals surface area contributed by atoms with E-state index in [4.69, 9.17) is 4.74 Å². The molecule has 3 aromatic carbocycles. The van der Waals surface area contributed by atoms with E-state index in [2.05, 4.69) is 50.4 Å². The Morgan fingerprint density at radius 3 is 2.29 bits per heavy atom. The first kappa shape index (κ1) is 23.6. The number of amides is 1. The number of nitrogens with zero attached hydrogens (tertiary/aromatic N) is 1. The van der Waals surface area contributed by atoms with E-state index >= 15 is 0 Å². The van der Waals surface area contributed by atoms with Gasteiger partial charge in [0.15, 0.2) is 0 Å². The van der Waals surface area contributed by atoms with Crippen molar-refractivity contribution in [3.8, 4) is 5.75 Å². The normalized spacial score (nSPS) is 11.6. The van der Waals surface area contributed by atoms with Gasteiger partial charge in [0, 0.05) is 18.5 Å². The smallest absolute Gasteiger partial charge is 0.268 e. The number of rotatable bonds is 7. The Balaban J connectivity index is 1.68. The second kappa shape index (κ2) is 9.72. The Bertz CT molecular complexity index is 1280. The first-order chi connectivity index (χ1) is 16.3. The highest BCUT2D eigenvalue weighted by atomic mass is 19.1. The van der Waals surface area contributed by atoms with Gasteiger partial charge >= 0.3 is 0 Å². The van der Waals surface area contributed by atoms with Crippen LogP contribution in [0, 0.1) is 5.82 Å². The summed E-state index contributed by atoms with van der Waals surface area (Å²) < 4.78 is 21.1. The summed E-state index contributed by atoms with van der Waals surface area (Å²) >= 11 is 0. The summed E-state index contributed by atoms with van der Waals surface area (Å²) in [7, 11) is 0. The maximum absolute atomic E-state index is 13.3. The van der Waals surface area contributed by atoms with Crippen molar-refractivity contribution in [2.45, 2.75) is 46.2 Å². The van der Waals surface area contributed by atoms with Crippen molar-refractivity contribution in [3.05, 3.63) is 101 Å². The molecule has 0 saturated heterocycles. The first-order valence-electron chi connectivity index (χ1n) is 11.6. The summed E-state index contributed by atoms with van der Waals surface area (Å²) in [6.07, 6.45) is 0. The third-order valence-electron chi connectivity index (χ3n) is 5.97. The van der Waals surface area contributed by atoms with Crippen LogP contribution in [0.3, 0.4) is 0 Å². The van der Waals surface area contributed by atoms with Gasteiger partial charge in [-0.1, -0.05) is 63.2 Å². The summed E-state index contributed by atoms with van der Waals surface area (Å²) in [5.74, 6) is 0.278. The van der Waals surface area contributed by atoms with Gasteiger partial charge in [0.1, 0.15) is 17.3 Å². The highest BCUT2D eigenvalue weighted by Crippen LogP contribution is 2.30. The second-order valence-corrected chi connectivity index (χ2v) is 9.49. The zero-order chi connectivity index (χ0) is 24.3. The van der Waals surface area contributed by atoms with Crippen LogP contribution in [0.5, 0.6) is 5.75 Å². The molecule has 0 aliphatic heterocycles. The molecule has 34 heavy (non-hydrogen) atoms. The maximum Gasteiger partial charge on any atom is 0.268 e. The molecule has 1 aromatic heterocycles. The molecule has 4 rings (SSSR count). The number of nitrogens with one attached hydrogen (secondary N) is 1. The van der Waals surface area contributed by atoms with Gasteiger partial charge in [-0.3, -0.25) is 4.79 Å². The molecule has 0 spiro atoms. The first-order valence-corrected chi connectivity index (χ1v) is 11.6. The molecule has 4 aromatic rings. The number of benzene rings is 3. The summed E-state index contributed by atoms with van der Waals surface area (Å²) in [5.41, 5.74) is 4.80. The molecule has 1 heterocycles. The topological polar surface area (TPSA) is 43.3 Å². The van der Waals surface area contributed by atoms with Crippen LogP contribution in [0.1, 0.15) is 54.9 Å². The van der Waals surface area contributed by atoms with Crippen LogP contribution in [0.25, 0.3) is 10.9 Å². The molecule has 0 aliphatic carbocycles. The summed E-state index contributed by atoms with van der Waals surface area (Å²) in [6, 6.07) is 22.5. The predicted octanol–water partition coefficient (Wildman–Crippen LogP) is 6.45. The monoisotopic (exact) mass is 458 g/mol. The average molecular weight is 459 g/mol. The molecule has 4 nitrogen and oxygen atoms in total. The minimum atomic E-state index is -0.295. The van der Waals surface area contributed by atoms with Gasteiger partial charge in [0.2, 0.25) is 0 Å². The minimum absolute atomic E-state index is 0.0798. The molecule has 0 atom stereocenters. The van der Waals surface area contributed by atoms with E-state index in [9.17, 15) is 9.18 Å².